The van der Waals surface area contributed by atoms with Crippen LogP contribution in [0.1, 0.15) is 46.6 Å². The lowest BCUT2D eigenvalue weighted by atomic mass is 9.86. The van der Waals surface area contributed by atoms with Crippen LogP contribution in [0, 0.1) is 26.7 Å². The zero-order valence-corrected chi connectivity index (χ0v) is 17.2. The third kappa shape index (κ3) is 4.91. The Hall–Kier alpha value is -2.95. The predicted octanol–water partition coefficient (Wildman–Crippen LogP) is 3.74. The molecule has 29 heavy (non-hydrogen) atoms. The maximum absolute atomic E-state index is 12.9. The smallest absolute Gasteiger partial charge is 0.315 e. The molecule has 1 fully saturated rings. The Bertz CT molecular complexity index is 898. The third-order valence-corrected chi connectivity index (χ3v) is 5.56. The first kappa shape index (κ1) is 20.8. The quantitative estimate of drug-likeness (QED) is 0.736. The molecule has 2 aromatic rings. The Labute approximate surface area is 171 Å². The molecular formula is C24H28N2O3. The summed E-state index contributed by atoms with van der Waals surface area (Å²) in [5.74, 6) is -1.02. The maximum Gasteiger partial charge on any atom is 0.315 e. The minimum absolute atomic E-state index is 0.0106. The van der Waals surface area contributed by atoms with E-state index in [1.807, 2.05) is 63.2 Å². The number of carbonyl (C=O) groups excluding carboxylic acids is 3. The van der Waals surface area contributed by atoms with Crippen LogP contribution in [0.15, 0.2) is 42.5 Å². The second-order valence-electron chi connectivity index (χ2n) is 7.90. The summed E-state index contributed by atoms with van der Waals surface area (Å²) in [5, 5.41) is 5.58. The van der Waals surface area contributed by atoms with Crippen LogP contribution in [-0.4, -0.2) is 24.1 Å². The molecule has 5 nitrogen and oxygen atoms in total. The van der Waals surface area contributed by atoms with Crippen LogP contribution in [0.25, 0.3) is 0 Å². The van der Waals surface area contributed by atoms with Gasteiger partial charge in [-0.1, -0.05) is 48.0 Å². The number of amides is 2. The highest BCUT2D eigenvalue weighted by molar-refractivity contribution is 6.15. The average Bonchev–Trinajstić information content (AvgIpc) is 2.94. The second-order valence-corrected chi connectivity index (χ2v) is 7.90. The van der Waals surface area contributed by atoms with Gasteiger partial charge in [0.05, 0.1) is 0 Å². The number of Topliss-reactive ketones (excluding diaryl/α,β-unsaturated/α-hetero) is 2. The van der Waals surface area contributed by atoms with E-state index in [-0.39, 0.29) is 29.9 Å². The van der Waals surface area contributed by atoms with Gasteiger partial charge in [-0.05, 0) is 49.4 Å². The molecule has 3 rings (SSSR count). The van der Waals surface area contributed by atoms with E-state index in [2.05, 4.69) is 10.6 Å². The summed E-state index contributed by atoms with van der Waals surface area (Å²) in [6.07, 6.45) is 0.730. The third-order valence-electron chi connectivity index (χ3n) is 5.56. The van der Waals surface area contributed by atoms with E-state index in [9.17, 15) is 14.4 Å². The van der Waals surface area contributed by atoms with E-state index in [0.29, 0.717) is 19.5 Å². The van der Waals surface area contributed by atoms with Crippen molar-refractivity contribution >= 4 is 17.6 Å². The fraction of sp³-hybridized carbons (Fsp3) is 0.375. The van der Waals surface area contributed by atoms with Crippen molar-refractivity contribution in [2.24, 2.45) is 5.92 Å². The number of nitrogens with one attached hydrogen (secondary N) is 2. The van der Waals surface area contributed by atoms with Crippen LogP contribution >= 0.6 is 0 Å². The average molecular weight is 392 g/mol. The van der Waals surface area contributed by atoms with Gasteiger partial charge in [0.15, 0.2) is 5.78 Å². The number of benzene rings is 2. The summed E-state index contributed by atoms with van der Waals surface area (Å²) >= 11 is 0. The molecule has 0 aromatic heterocycles. The Morgan fingerprint density at radius 1 is 1.00 bits per heavy atom. The summed E-state index contributed by atoms with van der Waals surface area (Å²) < 4.78 is 0. The van der Waals surface area contributed by atoms with Gasteiger partial charge in [-0.25, -0.2) is 4.79 Å². The zero-order chi connectivity index (χ0) is 21.0. The molecule has 0 radical (unpaired) electrons. The molecule has 2 aromatic carbocycles. The summed E-state index contributed by atoms with van der Waals surface area (Å²) in [6.45, 7) is 6.74. The molecule has 2 amide bonds. The molecule has 2 atom stereocenters. The Balaban J connectivity index is 1.53. The van der Waals surface area contributed by atoms with Gasteiger partial charge in [0.2, 0.25) is 0 Å². The number of hydrogen-bond donors (Lipinski definition) is 2. The normalized spacial score (nSPS) is 18.7. The fourth-order valence-corrected chi connectivity index (χ4v) is 4.25. The Morgan fingerprint density at radius 2 is 1.66 bits per heavy atom. The van der Waals surface area contributed by atoms with Crippen molar-refractivity contribution in [2.45, 2.75) is 46.1 Å². The van der Waals surface area contributed by atoms with E-state index in [1.54, 1.807) is 0 Å². The first-order chi connectivity index (χ1) is 13.9. The van der Waals surface area contributed by atoms with Gasteiger partial charge in [-0.3, -0.25) is 9.59 Å². The zero-order valence-electron chi connectivity index (χ0n) is 17.2. The molecule has 1 aliphatic rings. The number of aryl methyl sites for hydroxylation is 3. The van der Waals surface area contributed by atoms with Gasteiger partial charge in [0, 0.05) is 25.4 Å². The first-order valence-electron chi connectivity index (χ1n) is 10.1. The SMILES string of the molecule is Cc1cc(C)c(C2C(=O)CC(CCNC(=O)NCc3ccccc3)C2=O)c(C)c1. The van der Waals surface area contributed by atoms with Crippen LogP contribution in [-0.2, 0) is 16.1 Å². The van der Waals surface area contributed by atoms with Crippen molar-refractivity contribution in [1.29, 1.82) is 0 Å². The minimum Gasteiger partial charge on any atom is -0.338 e. The number of carbonyl (C=O) groups is 3. The lowest BCUT2D eigenvalue weighted by Gasteiger charge is -2.16. The highest BCUT2D eigenvalue weighted by Gasteiger charge is 2.42. The number of urea groups is 1. The first-order valence-corrected chi connectivity index (χ1v) is 10.1. The molecule has 0 saturated heterocycles. The molecule has 1 aliphatic carbocycles. The van der Waals surface area contributed by atoms with Crippen molar-refractivity contribution < 1.29 is 14.4 Å². The molecule has 152 valence electrons. The van der Waals surface area contributed by atoms with E-state index < -0.39 is 5.92 Å². The topological polar surface area (TPSA) is 75.3 Å². The minimum atomic E-state index is -0.660. The molecule has 1 saturated carbocycles. The van der Waals surface area contributed by atoms with E-state index in [4.69, 9.17) is 0 Å². The summed E-state index contributed by atoms with van der Waals surface area (Å²) in [5.41, 5.74) is 5.00. The van der Waals surface area contributed by atoms with Crippen LogP contribution in [0.3, 0.4) is 0 Å². The predicted molar refractivity (Wildman–Crippen MR) is 113 cm³/mol. The molecule has 0 aliphatic heterocycles. The van der Waals surface area contributed by atoms with E-state index in [1.165, 1.54) is 0 Å². The number of hydrogen-bond acceptors (Lipinski definition) is 3. The highest BCUT2D eigenvalue weighted by atomic mass is 16.2. The van der Waals surface area contributed by atoms with Crippen molar-refractivity contribution in [3.8, 4) is 0 Å². The van der Waals surface area contributed by atoms with Crippen LogP contribution < -0.4 is 10.6 Å². The van der Waals surface area contributed by atoms with Gasteiger partial charge in [-0.2, -0.15) is 0 Å². The van der Waals surface area contributed by atoms with Crippen LogP contribution in [0.2, 0.25) is 0 Å². The highest BCUT2D eigenvalue weighted by Crippen LogP contribution is 2.37. The van der Waals surface area contributed by atoms with Crippen LogP contribution in [0.4, 0.5) is 4.79 Å². The summed E-state index contributed by atoms with van der Waals surface area (Å²) in [6, 6.07) is 13.4. The van der Waals surface area contributed by atoms with Gasteiger partial charge in [-0.15, -0.1) is 0 Å². The van der Waals surface area contributed by atoms with Gasteiger partial charge in [0.25, 0.3) is 0 Å². The molecule has 2 N–H and O–H groups in total. The molecular weight excluding hydrogens is 364 g/mol. The Morgan fingerprint density at radius 3 is 2.31 bits per heavy atom. The number of ketones is 2. The summed E-state index contributed by atoms with van der Waals surface area (Å²) in [4.78, 5) is 37.5. The molecule has 5 heteroatoms. The number of rotatable bonds is 6. The van der Waals surface area contributed by atoms with Crippen molar-refractivity contribution in [1.82, 2.24) is 10.6 Å². The van der Waals surface area contributed by atoms with Gasteiger partial charge in [0.1, 0.15) is 11.7 Å². The van der Waals surface area contributed by atoms with Gasteiger partial charge < -0.3 is 10.6 Å². The standard InChI is InChI=1S/C24H28N2O3/c1-15-11-16(2)21(17(3)12-15)22-20(27)13-19(23(22)28)9-10-25-24(29)26-14-18-7-5-4-6-8-18/h4-8,11-12,19,22H,9-10,13-14H2,1-3H3,(H2,25,26,29). The second kappa shape index (κ2) is 9.03. The molecule has 2 unspecified atom stereocenters. The molecule has 0 heterocycles. The van der Waals surface area contributed by atoms with Gasteiger partial charge >= 0.3 is 6.03 Å². The van der Waals surface area contributed by atoms with E-state index >= 15 is 0 Å². The lowest BCUT2D eigenvalue weighted by Crippen LogP contribution is -2.36. The maximum atomic E-state index is 12.9. The molecule has 0 bridgehead atoms. The van der Waals surface area contributed by atoms with Crippen LogP contribution in [0.5, 0.6) is 0 Å². The van der Waals surface area contributed by atoms with Crippen molar-refractivity contribution in [3.05, 3.63) is 70.3 Å². The van der Waals surface area contributed by atoms with E-state index in [0.717, 1.165) is 27.8 Å². The lowest BCUT2D eigenvalue weighted by molar-refractivity contribution is -0.124. The Kier molecular flexibility index (Phi) is 6.47. The monoisotopic (exact) mass is 392 g/mol. The van der Waals surface area contributed by atoms with Crippen molar-refractivity contribution in [2.75, 3.05) is 6.54 Å². The van der Waals surface area contributed by atoms with Crippen molar-refractivity contribution in [3.63, 3.8) is 0 Å². The summed E-state index contributed by atoms with van der Waals surface area (Å²) in [7, 11) is 0. The fourth-order valence-electron chi connectivity index (χ4n) is 4.25. The molecule has 0 spiro atoms. The largest absolute Gasteiger partial charge is 0.338 e.